The number of nitrogens with zero attached hydrogens (tertiary/aromatic N) is 1. The van der Waals surface area contributed by atoms with Crippen molar-refractivity contribution in [1.82, 2.24) is 0 Å². The van der Waals surface area contributed by atoms with Crippen LogP contribution in [0.15, 0.2) is 0 Å². The fraction of sp³-hybridized carbons (Fsp3) is 0.857. The topological polar surface area (TPSA) is 4.36 Å². The highest BCUT2D eigenvalue weighted by Crippen LogP contribution is 2.09. The lowest BCUT2D eigenvalue weighted by atomic mass is 10.1. The molecule has 0 rings (SSSR count). The lowest BCUT2D eigenvalue weighted by Gasteiger charge is -2.06. The van der Waals surface area contributed by atoms with Crippen LogP contribution in [-0.2, 0) is 0 Å². The van der Waals surface area contributed by atoms with Gasteiger partial charge in [0.2, 0.25) is 6.54 Å². The van der Waals surface area contributed by atoms with E-state index in [4.69, 9.17) is 6.57 Å². The monoisotopic (exact) mass is 129 g/mol. The average molecular weight is 129 g/mol. The Labute approximate surface area is 55.7 Å². The molecule has 0 saturated heterocycles. The minimum atomic E-state index is -0.793. The molecule has 1 unspecified atom stereocenters. The summed E-state index contributed by atoms with van der Waals surface area (Å²) < 4.78 is 12.6. The van der Waals surface area contributed by atoms with Gasteiger partial charge in [0, 0.05) is 0 Å². The molecule has 0 heterocycles. The molecule has 1 nitrogen and oxygen atoms in total. The number of alkyl halides is 1. The van der Waals surface area contributed by atoms with Crippen LogP contribution in [0.4, 0.5) is 4.39 Å². The highest BCUT2D eigenvalue weighted by atomic mass is 19.1. The maximum atomic E-state index is 12.6. The van der Waals surface area contributed by atoms with E-state index >= 15 is 0 Å². The standard InChI is InChI=1S/C7H12FN/c1-6(2)7(8)4-5-9-3/h6-7H,4-5H2,1-2H3. The molecule has 0 N–H and O–H groups in total. The van der Waals surface area contributed by atoms with E-state index in [2.05, 4.69) is 4.85 Å². The smallest absolute Gasteiger partial charge is 0.217 e. The van der Waals surface area contributed by atoms with E-state index in [1.54, 1.807) is 0 Å². The molecule has 0 radical (unpaired) electrons. The lowest BCUT2D eigenvalue weighted by molar-refractivity contribution is 0.247. The fourth-order valence-electron chi connectivity index (χ4n) is 0.521. The van der Waals surface area contributed by atoms with Crippen LogP contribution >= 0.6 is 0 Å². The molecule has 0 aliphatic carbocycles. The Kier molecular flexibility index (Phi) is 4.04. The Morgan fingerprint density at radius 3 is 2.44 bits per heavy atom. The molecule has 2 heteroatoms. The highest BCUT2D eigenvalue weighted by Gasteiger charge is 2.11. The third-order valence-electron chi connectivity index (χ3n) is 1.24. The minimum Gasteiger partial charge on any atom is -0.317 e. The maximum Gasteiger partial charge on any atom is 0.217 e. The summed E-state index contributed by atoms with van der Waals surface area (Å²) in [5.41, 5.74) is 0. The summed E-state index contributed by atoms with van der Waals surface area (Å²) in [6, 6.07) is 0. The Bertz CT molecular complexity index is 104. The Hall–Kier alpha value is -0.580. The van der Waals surface area contributed by atoms with Gasteiger partial charge in [0.05, 0.1) is 6.42 Å². The van der Waals surface area contributed by atoms with Crippen molar-refractivity contribution >= 4 is 0 Å². The molecule has 1 atom stereocenters. The summed E-state index contributed by atoms with van der Waals surface area (Å²) in [4.78, 5) is 3.07. The van der Waals surface area contributed by atoms with Gasteiger partial charge in [0.15, 0.2) is 0 Å². The zero-order valence-corrected chi connectivity index (χ0v) is 5.89. The van der Waals surface area contributed by atoms with E-state index in [1.165, 1.54) is 0 Å². The van der Waals surface area contributed by atoms with Gasteiger partial charge in [-0.25, -0.2) is 11.0 Å². The second kappa shape index (κ2) is 4.31. The van der Waals surface area contributed by atoms with Crippen LogP contribution < -0.4 is 0 Å². The van der Waals surface area contributed by atoms with Gasteiger partial charge in [0.1, 0.15) is 6.17 Å². The predicted molar refractivity (Wildman–Crippen MR) is 35.8 cm³/mol. The van der Waals surface area contributed by atoms with Crippen LogP contribution in [0.25, 0.3) is 4.85 Å². The van der Waals surface area contributed by atoms with Gasteiger partial charge in [-0.2, -0.15) is 0 Å². The highest BCUT2D eigenvalue weighted by molar-refractivity contribution is 4.67. The second-order valence-corrected chi connectivity index (χ2v) is 2.43. The molecule has 9 heavy (non-hydrogen) atoms. The van der Waals surface area contributed by atoms with Crippen molar-refractivity contribution in [1.29, 1.82) is 0 Å². The normalized spacial score (nSPS) is 13.2. The third-order valence-corrected chi connectivity index (χ3v) is 1.24. The zero-order chi connectivity index (χ0) is 7.28. The molecular formula is C7H12FN. The summed E-state index contributed by atoms with van der Waals surface area (Å²) in [5, 5.41) is 0. The first-order valence-electron chi connectivity index (χ1n) is 3.15. The maximum absolute atomic E-state index is 12.6. The number of hydrogen-bond donors (Lipinski definition) is 0. The first-order valence-corrected chi connectivity index (χ1v) is 3.15. The van der Waals surface area contributed by atoms with E-state index in [9.17, 15) is 4.39 Å². The SMILES string of the molecule is [C-]#[N+]CCC(F)C(C)C. The first-order chi connectivity index (χ1) is 4.18. The summed E-state index contributed by atoms with van der Waals surface area (Å²) in [5.74, 6) is 0.0618. The first kappa shape index (κ1) is 8.42. The van der Waals surface area contributed by atoms with E-state index < -0.39 is 6.17 Å². The van der Waals surface area contributed by atoms with Gasteiger partial charge in [-0.05, 0) is 5.92 Å². The van der Waals surface area contributed by atoms with Gasteiger partial charge in [-0.3, -0.25) is 0 Å². The molecule has 0 saturated carbocycles. The largest absolute Gasteiger partial charge is 0.317 e. The average Bonchev–Trinajstić information content (AvgIpc) is 1.82. The molecule has 0 fully saturated rings. The van der Waals surface area contributed by atoms with Gasteiger partial charge in [0.25, 0.3) is 0 Å². The predicted octanol–water partition coefficient (Wildman–Crippen LogP) is 2.29. The third kappa shape index (κ3) is 3.96. The molecule has 52 valence electrons. The van der Waals surface area contributed by atoms with E-state index in [0.29, 0.717) is 13.0 Å². The molecule has 0 bridgehead atoms. The van der Waals surface area contributed by atoms with Crippen molar-refractivity contribution in [3.05, 3.63) is 11.4 Å². The summed E-state index contributed by atoms with van der Waals surface area (Å²) in [6.45, 7) is 10.4. The van der Waals surface area contributed by atoms with Crippen molar-refractivity contribution in [2.24, 2.45) is 5.92 Å². The second-order valence-electron chi connectivity index (χ2n) is 2.43. The van der Waals surface area contributed by atoms with Crippen LogP contribution in [0.1, 0.15) is 20.3 Å². The van der Waals surface area contributed by atoms with Crippen LogP contribution in [0.2, 0.25) is 0 Å². The summed E-state index contributed by atoms with van der Waals surface area (Å²) >= 11 is 0. The Balaban J connectivity index is 3.29. The van der Waals surface area contributed by atoms with Crippen molar-refractivity contribution in [2.45, 2.75) is 26.4 Å². The molecule has 0 amide bonds. The molecule has 0 aliphatic rings. The van der Waals surface area contributed by atoms with Crippen molar-refractivity contribution in [3.8, 4) is 0 Å². The number of rotatable bonds is 3. The molecule has 0 aliphatic heterocycles. The molecular weight excluding hydrogens is 117 g/mol. The molecule has 0 aromatic rings. The van der Waals surface area contributed by atoms with Crippen LogP contribution in [0.3, 0.4) is 0 Å². The van der Waals surface area contributed by atoms with Crippen LogP contribution in [-0.4, -0.2) is 12.7 Å². The molecule has 0 aromatic carbocycles. The lowest BCUT2D eigenvalue weighted by Crippen LogP contribution is -2.09. The summed E-state index contributed by atoms with van der Waals surface area (Å²) in [7, 11) is 0. The van der Waals surface area contributed by atoms with Crippen LogP contribution in [0.5, 0.6) is 0 Å². The van der Waals surface area contributed by atoms with E-state index in [-0.39, 0.29) is 5.92 Å². The summed E-state index contributed by atoms with van der Waals surface area (Å²) in [6.07, 6.45) is -0.402. The van der Waals surface area contributed by atoms with E-state index in [1.807, 2.05) is 13.8 Å². The zero-order valence-electron chi connectivity index (χ0n) is 5.89. The Morgan fingerprint density at radius 2 is 2.11 bits per heavy atom. The van der Waals surface area contributed by atoms with Crippen molar-refractivity contribution in [3.63, 3.8) is 0 Å². The molecule has 0 aromatic heterocycles. The number of halogens is 1. The van der Waals surface area contributed by atoms with Gasteiger partial charge in [-0.15, -0.1) is 0 Å². The van der Waals surface area contributed by atoms with Gasteiger partial charge < -0.3 is 4.85 Å². The van der Waals surface area contributed by atoms with Gasteiger partial charge in [-0.1, -0.05) is 13.8 Å². The number of hydrogen-bond acceptors (Lipinski definition) is 0. The van der Waals surface area contributed by atoms with Crippen molar-refractivity contribution < 1.29 is 4.39 Å². The van der Waals surface area contributed by atoms with Gasteiger partial charge >= 0.3 is 0 Å². The fourth-order valence-corrected chi connectivity index (χ4v) is 0.521. The van der Waals surface area contributed by atoms with Crippen molar-refractivity contribution in [2.75, 3.05) is 6.54 Å². The van der Waals surface area contributed by atoms with E-state index in [0.717, 1.165) is 0 Å². The minimum absolute atomic E-state index is 0.0618. The van der Waals surface area contributed by atoms with Crippen LogP contribution in [0, 0.1) is 12.5 Å². The molecule has 0 spiro atoms. The quantitative estimate of drug-likeness (QED) is 0.515. The Morgan fingerprint density at radius 1 is 1.56 bits per heavy atom.